The quantitative estimate of drug-likeness (QED) is 0.657. The molecule has 0 unspecified atom stereocenters. The summed E-state index contributed by atoms with van der Waals surface area (Å²) >= 11 is 0. The average Bonchev–Trinajstić information content (AvgIpc) is 2.75. The zero-order chi connectivity index (χ0) is 23.5. The summed E-state index contributed by atoms with van der Waals surface area (Å²) in [5, 5.41) is 2.81. The highest BCUT2D eigenvalue weighted by Gasteiger charge is 2.29. The summed E-state index contributed by atoms with van der Waals surface area (Å²) in [6.07, 6.45) is 1.66. The van der Waals surface area contributed by atoms with Gasteiger partial charge in [-0.15, -0.1) is 0 Å². The molecular weight excluding hydrogens is 428 g/mol. The van der Waals surface area contributed by atoms with E-state index < -0.39 is 21.9 Å². The van der Waals surface area contributed by atoms with Gasteiger partial charge in [-0.3, -0.25) is 4.79 Å². The third-order valence-electron chi connectivity index (χ3n) is 5.91. The number of ether oxygens (including phenoxy) is 1. The second-order valence-electron chi connectivity index (χ2n) is 8.22. The minimum Gasteiger partial charge on any atom is -0.462 e. The van der Waals surface area contributed by atoms with Crippen LogP contribution in [0.4, 0.5) is 5.69 Å². The molecule has 32 heavy (non-hydrogen) atoms. The van der Waals surface area contributed by atoms with Crippen molar-refractivity contribution in [2.45, 2.75) is 45.4 Å². The number of nitrogens with zero attached hydrogens (tertiary/aromatic N) is 1. The molecule has 1 heterocycles. The molecule has 2 aromatic carbocycles. The Kier molecular flexibility index (Phi) is 7.36. The molecule has 0 bridgehead atoms. The molecule has 0 aromatic heterocycles. The number of piperidine rings is 1. The Bertz CT molecular complexity index is 1120. The van der Waals surface area contributed by atoms with Crippen LogP contribution in [0.2, 0.25) is 0 Å². The number of sulfonamides is 1. The normalized spacial score (nSPS) is 15.4. The van der Waals surface area contributed by atoms with Crippen LogP contribution in [0.3, 0.4) is 0 Å². The minimum absolute atomic E-state index is 0.111. The van der Waals surface area contributed by atoms with Gasteiger partial charge in [0.1, 0.15) is 0 Å². The number of aryl methyl sites for hydroxylation is 1. The van der Waals surface area contributed by atoms with Crippen LogP contribution in [0, 0.1) is 19.8 Å². The lowest BCUT2D eigenvalue weighted by Gasteiger charge is -2.29. The second-order valence-corrected chi connectivity index (χ2v) is 10.2. The van der Waals surface area contributed by atoms with Crippen LogP contribution in [0.1, 0.15) is 58.5 Å². The number of hydrogen-bond acceptors (Lipinski definition) is 5. The van der Waals surface area contributed by atoms with E-state index in [-0.39, 0.29) is 17.1 Å². The summed E-state index contributed by atoms with van der Waals surface area (Å²) in [6, 6.07) is 9.63. The SMILES string of the molecule is CCOC(=O)c1cccc(NC(=O)c2cc(S(=O)(=O)N3CCC(C)CC3)ccc2C)c1C. The highest BCUT2D eigenvalue weighted by atomic mass is 32.2. The monoisotopic (exact) mass is 458 g/mol. The highest BCUT2D eigenvalue weighted by Crippen LogP contribution is 2.26. The van der Waals surface area contributed by atoms with Crippen molar-refractivity contribution in [2.24, 2.45) is 5.92 Å². The zero-order valence-corrected chi connectivity index (χ0v) is 19.8. The molecule has 1 aliphatic rings. The Hall–Kier alpha value is -2.71. The number of benzene rings is 2. The van der Waals surface area contributed by atoms with E-state index in [0.29, 0.717) is 41.4 Å². The number of esters is 1. The molecule has 1 saturated heterocycles. The van der Waals surface area contributed by atoms with E-state index in [9.17, 15) is 18.0 Å². The summed E-state index contributed by atoms with van der Waals surface area (Å²) in [7, 11) is -3.67. The lowest BCUT2D eigenvalue weighted by atomic mass is 10.0. The van der Waals surface area contributed by atoms with Gasteiger partial charge in [-0.25, -0.2) is 13.2 Å². The Morgan fingerprint density at radius 1 is 1.09 bits per heavy atom. The number of carbonyl (C=O) groups is 2. The van der Waals surface area contributed by atoms with Crippen LogP contribution in [0.15, 0.2) is 41.3 Å². The van der Waals surface area contributed by atoms with E-state index in [0.717, 1.165) is 12.8 Å². The summed E-state index contributed by atoms with van der Waals surface area (Å²) in [5.41, 5.74) is 2.36. The fraction of sp³-hybridized carbons (Fsp3) is 0.417. The lowest BCUT2D eigenvalue weighted by molar-refractivity contribution is 0.0525. The molecule has 0 saturated carbocycles. The summed E-state index contributed by atoms with van der Waals surface area (Å²) in [4.78, 5) is 25.3. The van der Waals surface area contributed by atoms with Crippen LogP contribution in [-0.2, 0) is 14.8 Å². The van der Waals surface area contributed by atoms with Gasteiger partial charge in [0.25, 0.3) is 5.91 Å². The Morgan fingerprint density at radius 3 is 2.44 bits per heavy atom. The molecule has 1 fully saturated rings. The highest BCUT2D eigenvalue weighted by molar-refractivity contribution is 7.89. The largest absolute Gasteiger partial charge is 0.462 e. The maximum Gasteiger partial charge on any atom is 0.338 e. The van der Waals surface area contributed by atoms with Gasteiger partial charge in [0.05, 0.1) is 17.1 Å². The van der Waals surface area contributed by atoms with E-state index >= 15 is 0 Å². The fourth-order valence-corrected chi connectivity index (χ4v) is 5.27. The fourth-order valence-electron chi connectivity index (χ4n) is 3.77. The van der Waals surface area contributed by atoms with E-state index in [1.807, 2.05) is 0 Å². The number of anilines is 1. The number of carbonyl (C=O) groups excluding carboxylic acids is 2. The molecule has 0 atom stereocenters. The van der Waals surface area contributed by atoms with Gasteiger partial charge in [-0.2, -0.15) is 4.31 Å². The molecule has 1 N–H and O–H groups in total. The molecule has 2 aromatic rings. The minimum atomic E-state index is -3.67. The first-order valence-electron chi connectivity index (χ1n) is 10.8. The molecule has 1 aliphatic heterocycles. The molecule has 3 rings (SSSR count). The predicted octanol–water partition coefficient (Wildman–Crippen LogP) is 4.15. The zero-order valence-electron chi connectivity index (χ0n) is 19.0. The third kappa shape index (κ3) is 5.02. The van der Waals surface area contributed by atoms with E-state index in [1.54, 1.807) is 51.1 Å². The molecule has 0 aliphatic carbocycles. The average molecular weight is 459 g/mol. The maximum absolute atomic E-state index is 13.1. The van der Waals surface area contributed by atoms with Crippen molar-refractivity contribution in [1.29, 1.82) is 0 Å². The maximum atomic E-state index is 13.1. The smallest absolute Gasteiger partial charge is 0.338 e. The number of hydrogen-bond donors (Lipinski definition) is 1. The Balaban J connectivity index is 1.87. The first-order chi connectivity index (χ1) is 15.1. The van der Waals surface area contributed by atoms with Crippen LogP contribution >= 0.6 is 0 Å². The van der Waals surface area contributed by atoms with Crippen molar-refractivity contribution in [1.82, 2.24) is 4.31 Å². The van der Waals surface area contributed by atoms with Crippen molar-refractivity contribution in [3.63, 3.8) is 0 Å². The molecule has 1 amide bonds. The van der Waals surface area contributed by atoms with Crippen molar-refractivity contribution in [3.8, 4) is 0 Å². The van der Waals surface area contributed by atoms with Gasteiger partial charge in [0, 0.05) is 24.3 Å². The van der Waals surface area contributed by atoms with Gasteiger partial charge < -0.3 is 10.1 Å². The van der Waals surface area contributed by atoms with Gasteiger partial charge >= 0.3 is 5.97 Å². The molecule has 8 heteroatoms. The second kappa shape index (κ2) is 9.83. The van der Waals surface area contributed by atoms with Gasteiger partial charge in [-0.05, 0) is 74.9 Å². The lowest BCUT2D eigenvalue weighted by Crippen LogP contribution is -2.38. The first kappa shape index (κ1) is 23.9. The summed E-state index contributed by atoms with van der Waals surface area (Å²) in [5.74, 6) is -0.383. The van der Waals surface area contributed by atoms with Crippen molar-refractivity contribution >= 4 is 27.6 Å². The van der Waals surface area contributed by atoms with Crippen LogP contribution in [0.25, 0.3) is 0 Å². The Morgan fingerprint density at radius 2 is 1.78 bits per heavy atom. The van der Waals surface area contributed by atoms with Gasteiger partial charge in [-0.1, -0.05) is 19.1 Å². The molecular formula is C24H30N2O5S. The van der Waals surface area contributed by atoms with Crippen molar-refractivity contribution in [3.05, 3.63) is 58.7 Å². The number of rotatable bonds is 6. The predicted molar refractivity (Wildman–Crippen MR) is 123 cm³/mol. The first-order valence-corrected chi connectivity index (χ1v) is 12.3. The van der Waals surface area contributed by atoms with Crippen LogP contribution in [-0.4, -0.2) is 44.3 Å². The Labute approximate surface area is 189 Å². The standard InChI is InChI=1S/C24H30N2O5S/c1-5-31-24(28)20-7-6-8-22(18(20)4)25-23(27)21-15-19(10-9-17(21)3)32(29,30)26-13-11-16(2)12-14-26/h6-10,15-16H,5,11-14H2,1-4H3,(H,25,27). The topological polar surface area (TPSA) is 92.8 Å². The molecule has 0 spiro atoms. The van der Waals surface area contributed by atoms with Gasteiger partial charge in [0.15, 0.2) is 0 Å². The van der Waals surface area contributed by atoms with Crippen LogP contribution in [0.5, 0.6) is 0 Å². The van der Waals surface area contributed by atoms with Crippen molar-refractivity contribution in [2.75, 3.05) is 25.0 Å². The van der Waals surface area contributed by atoms with Crippen molar-refractivity contribution < 1.29 is 22.7 Å². The van der Waals surface area contributed by atoms with Gasteiger partial charge in [0.2, 0.25) is 10.0 Å². The van der Waals surface area contributed by atoms with E-state index in [4.69, 9.17) is 4.74 Å². The summed E-state index contributed by atoms with van der Waals surface area (Å²) in [6.45, 7) is 8.57. The van der Waals surface area contributed by atoms with E-state index in [1.165, 1.54) is 10.4 Å². The molecule has 7 nitrogen and oxygen atoms in total. The van der Waals surface area contributed by atoms with Crippen LogP contribution < -0.4 is 5.32 Å². The molecule has 0 radical (unpaired) electrons. The summed E-state index contributed by atoms with van der Waals surface area (Å²) < 4.78 is 32.8. The van der Waals surface area contributed by atoms with E-state index in [2.05, 4.69) is 12.2 Å². The number of amides is 1. The third-order valence-corrected chi connectivity index (χ3v) is 7.81. The molecule has 172 valence electrons. The number of nitrogens with one attached hydrogen (secondary N) is 1.